The van der Waals surface area contributed by atoms with Crippen LogP contribution in [-0.2, 0) is 11.2 Å². The SMILES string of the molecule is CCCN1CCN(C(=O)c2ccnc(NC)c2)[C@H](Cc2cccc(-c3ccncc3)c2)C1=O. The lowest BCUT2D eigenvalue weighted by molar-refractivity contribution is -0.140. The van der Waals surface area contributed by atoms with Gasteiger partial charge in [0.05, 0.1) is 0 Å². The maximum atomic E-state index is 13.5. The van der Waals surface area contributed by atoms with E-state index < -0.39 is 6.04 Å². The van der Waals surface area contributed by atoms with Crippen LogP contribution in [0.15, 0.2) is 67.1 Å². The Morgan fingerprint density at radius 3 is 2.64 bits per heavy atom. The van der Waals surface area contributed by atoms with E-state index in [4.69, 9.17) is 0 Å². The van der Waals surface area contributed by atoms with Crippen molar-refractivity contribution in [3.63, 3.8) is 0 Å². The van der Waals surface area contributed by atoms with Gasteiger partial charge in [-0.2, -0.15) is 0 Å². The number of benzene rings is 1. The number of anilines is 1. The molecular weight excluding hydrogens is 414 g/mol. The van der Waals surface area contributed by atoms with Gasteiger partial charge in [0, 0.05) is 57.3 Å². The Morgan fingerprint density at radius 2 is 1.88 bits per heavy atom. The highest BCUT2D eigenvalue weighted by atomic mass is 16.2. The Hall–Kier alpha value is -3.74. The summed E-state index contributed by atoms with van der Waals surface area (Å²) in [6.45, 7) is 3.83. The molecule has 0 spiro atoms. The van der Waals surface area contributed by atoms with E-state index in [-0.39, 0.29) is 11.8 Å². The van der Waals surface area contributed by atoms with Gasteiger partial charge in [-0.15, -0.1) is 0 Å². The van der Waals surface area contributed by atoms with Gasteiger partial charge in [-0.05, 0) is 47.4 Å². The van der Waals surface area contributed by atoms with Crippen LogP contribution >= 0.6 is 0 Å². The van der Waals surface area contributed by atoms with Crippen LogP contribution in [0.2, 0.25) is 0 Å². The molecule has 1 atom stereocenters. The molecule has 1 aromatic carbocycles. The van der Waals surface area contributed by atoms with E-state index in [9.17, 15) is 9.59 Å². The molecule has 7 nitrogen and oxygen atoms in total. The van der Waals surface area contributed by atoms with E-state index in [1.165, 1.54) is 0 Å². The molecule has 1 saturated heterocycles. The Balaban J connectivity index is 1.63. The standard InChI is InChI=1S/C26H29N5O2/c1-3-13-30-14-15-31(25(32)22-9-12-29-24(18-22)27-2)23(26(30)33)17-19-5-4-6-21(16-19)20-7-10-28-11-8-20/h4-12,16,18,23H,3,13-15,17H2,1-2H3,(H,27,29)/t23-/m1/s1. The lowest BCUT2D eigenvalue weighted by atomic mass is 9.97. The maximum absolute atomic E-state index is 13.5. The summed E-state index contributed by atoms with van der Waals surface area (Å²) in [5.41, 5.74) is 3.68. The van der Waals surface area contributed by atoms with Crippen LogP contribution in [0, 0.1) is 0 Å². The predicted molar refractivity (Wildman–Crippen MR) is 129 cm³/mol. The molecule has 0 aliphatic carbocycles. The number of hydrogen-bond acceptors (Lipinski definition) is 5. The van der Waals surface area contributed by atoms with E-state index in [1.54, 1.807) is 42.7 Å². The van der Waals surface area contributed by atoms with Gasteiger partial charge in [-0.1, -0.05) is 31.2 Å². The van der Waals surface area contributed by atoms with Gasteiger partial charge in [-0.25, -0.2) is 4.98 Å². The molecule has 2 aromatic heterocycles. The number of aromatic nitrogens is 2. The van der Waals surface area contributed by atoms with Gasteiger partial charge in [0.1, 0.15) is 11.9 Å². The second kappa shape index (κ2) is 10.3. The molecule has 0 radical (unpaired) electrons. The van der Waals surface area contributed by atoms with Crippen LogP contribution in [-0.4, -0.2) is 64.3 Å². The van der Waals surface area contributed by atoms with Gasteiger partial charge in [-0.3, -0.25) is 14.6 Å². The normalized spacial score (nSPS) is 16.1. The third kappa shape index (κ3) is 5.03. The number of carbonyl (C=O) groups is 2. The minimum absolute atomic E-state index is 0.00802. The Labute approximate surface area is 194 Å². The number of piperazine rings is 1. The second-order valence-corrected chi connectivity index (χ2v) is 8.16. The number of pyridine rings is 2. The molecule has 1 aliphatic rings. The fraction of sp³-hybridized carbons (Fsp3) is 0.308. The second-order valence-electron chi connectivity index (χ2n) is 8.16. The Morgan fingerprint density at radius 1 is 1.06 bits per heavy atom. The first-order chi connectivity index (χ1) is 16.1. The Bertz CT molecular complexity index is 1120. The van der Waals surface area contributed by atoms with E-state index in [0.29, 0.717) is 37.4 Å². The zero-order valence-electron chi connectivity index (χ0n) is 19.1. The zero-order chi connectivity index (χ0) is 23.2. The van der Waals surface area contributed by atoms with Crippen LogP contribution in [0.4, 0.5) is 5.82 Å². The molecular formula is C26H29N5O2. The van der Waals surface area contributed by atoms with Gasteiger partial charge < -0.3 is 15.1 Å². The van der Waals surface area contributed by atoms with Crippen molar-refractivity contribution in [2.24, 2.45) is 0 Å². The minimum atomic E-state index is -0.545. The molecule has 0 bridgehead atoms. The first-order valence-corrected chi connectivity index (χ1v) is 11.3. The zero-order valence-corrected chi connectivity index (χ0v) is 19.1. The number of amides is 2. The van der Waals surface area contributed by atoms with Crippen LogP contribution < -0.4 is 5.32 Å². The van der Waals surface area contributed by atoms with E-state index in [1.807, 2.05) is 35.2 Å². The summed E-state index contributed by atoms with van der Waals surface area (Å²) >= 11 is 0. The first kappa shape index (κ1) is 22.5. The molecule has 4 rings (SSSR count). The summed E-state index contributed by atoms with van der Waals surface area (Å²) in [6.07, 6.45) is 6.50. The van der Waals surface area contributed by atoms with Crippen molar-refractivity contribution in [2.45, 2.75) is 25.8 Å². The third-order valence-corrected chi connectivity index (χ3v) is 5.97. The molecule has 3 aromatic rings. The van der Waals surface area contributed by atoms with Crippen LogP contribution in [0.3, 0.4) is 0 Å². The van der Waals surface area contributed by atoms with E-state index >= 15 is 0 Å². The van der Waals surface area contributed by atoms with Crippen molar-refractivity contribution in [2.75, 3.05) is 32.0 Å². The minimum Gasteiger partial charge on any atom is -0.373 e. The van der Waals surface area contributed by atoms with Gasteiger partial charge in [0.2, 0.25) is 5.91 Å². The fourth-order valence-corrected chi connectivity index (χ4v) is 4.28. The lowest BCUT2D eigenvalue weighted by Crippen LogP contribution is -2.59. The molecule has 0 unspecified atom stereocenters. The molecule has 33 heavy (non-hydrogen) atoms. The average Bonchev–Trinajstić information content (AvgIpc) is 2.87. The van der Waals surface area contributed by atoms with Crippen LogP contribution in [0.1, 0.15) is 29.3 Å². The quantitative estimate of drug-likeness (QED) is 0.605. The Kier molecular flexibility index (Phi) is 6.98. The van der Waals surface area contributed by atoms with Gasteiger partial charge in [0.15, 0.2) is 0 Å². The molecule has 1 fully saturated rings. The maximum Gasteiger partial charge on any atom is 0.254 e. The largest absolute Gasteiger partial charge is 0.373 e. The van der Waals surface area contributed by atoms with Crippen molar-refractivity contribution >= 4 is 17.6 Å². The van der Waals surface area contributed by atoms with Crippen molar-refractivity contribution < 1.29 is 9.59 Å². The first-order valence-electron chi connectivity index (χ1n) is 11.3. The highest BCUT2D eigenvalue weighted by molar-refractivity contribution is 5.98. The summed E-state index contributed by atoms with van der Waals surface area (Å²) in [5, 5.41) is 2.97. The molecule has 2 amide bonds. The molecule has 170 valence electrons. The molecule has 1 N–H and O–H groups in total. The number of hydrogen-bond donors (Lipinski definition) is 1. The van der Waals surface area contributed by atoms with E-state index in [0.717, 1.165) is 23.1 Å². The van der Waals surface area contributed by atoms with Crippen molar-refractivity contribution in [3.05, 3.63) is 78.2 Å². The van der Waals surface area contributed by atoms with Crippen molar-refractivity contribution in [1.82, 2.24) is 19.8 Å². The van der Waals surface area contributed by atoms with Gasteiger partial charge in [0.25, 0.3) is 5.91 Å². The average molecular weight is 444 g/mol. The number of rotatable bonds is 7. The van der Waals surface area contributed by atoms with E-state index in [2.05, 4.69) is 28.3 Å². The summed E-state index contributed by atoms with van der Waals surface area (Å²) in [4.78, 5) is 38.8. The predicted octanol–water partition coefficient (Wildman–Crippen LogP) is 3.49. The summed E-state index contributed by atoms with van der Waals surface area (Å²) in [5.74, 6) is 0.487. The fourth-order valence-electron chi connectivity index (χ4n) is 4.28. The summed E-state index contributed by atoms with van der Waals surface area (Å²) < 4.78 is 0. The smallest absolute Gasteiger partial charge is 0.254 e. The summed E-state index contributed by atoms with van der Waals surface area (Å²) in [7, 11) is 1.77. The third-order valence-electron chi connectivity index (χ3n) is 5.97. The monoisotopic (exact) mass is 443 g/mol. The van der Waals surface area contributed by atoms with Gasteiger partial charge >= 0.3 is 0 Å². The highest BCUT2D eigenvalue weighted by Gasteiger charge is 2.37. The topological polar surface area (TPSA) is 78.4 Å². The van der Waals surface area contributed by atoms with Crippen LogP contribution in [0.5, 0.6) is 0 Å². The lowest BCUT2D eigenvalue weighted by Gasteiger charge is -2.41. The number of nitrogens with one attached hydrogen (secondary N) is 1. The summed E-state index contributed by atoms with van der Waals surface area (Å²) in [6, 6.07) is 15.0. The molecule has 1 aliphatic heterocycles. The van der Waals surface area contributed by atoms with Crippen molar-refractivity contribution in [3.8, 4) is 11.1 Å². The molecule has 3 heterocycles. The van der Waals surface area contributed by atoms with Crippen molar-refractivity contribution in [1.29, 1.82) is 0 Å². The number of nitrogens with zero attached hydrogens (tertiary/aromatic N) is 4. The van der Waals surface area contributed by atoms with Crippen LogP contribution in [0.25, 0.3) is 11.1 Å². The molecule has 0 saturated carbocycles. The number of carbonyl (C=O) groups excluding carboxylic acids is 2. The molecule has 7 heteroatoms. The highest BCUT2D eigenvalue weighted by Crippen LogP contribution is 2.24.